The highest BCUT2D eigenvalue weighted by Gasteiger charge is 2.11. The van der Waals surface area contributed by atoms with Gasteiger partial charge in [-0.1, -0.05) is 0 Å². The van der Waals surface area contributed by atoms with Crippen molar-refractivity contribution < 1.29 is 0 Å². The fourth-order valence-electron chi connectivity index (χ4n) is 2.31. The second-order valence-corrected chi connectivity index (χ2v) is 4.91. The van der Waals surface area contributed by atoms with Crippen LogP contribution in [0.5, 0.6) is 0 Å². The van der Waals surface area contributed by atoms with E-state index in [1.165, 1.54) is 24.8 Å². The standard InChI is InChI=1S/C13H23N5/c1-11-12(10-16-17-11)6-5-7-15-13(14)18-8-3-2-4-9-18/h10H,2-9H2,1H3,(H2,14,15)(H,16,17). The third kappa shape index (κ3) is 3.48. The zero-order valence-electron chi connectivity index (χ0n) is 11.2. The molecule has 0 radical (unpaired) electrons. The van der Waals surface area contributed by atoms with Gasteiger partial charge in [-0.25, -0.2) is 0 Å². The first-order chi connectivity index (χ1) is 8.77. The van der Waals surface area contributed by atoms with Gasteiger partial charge in [0.1, 0.15) is 0 Å². The van der Waals surface area contributed by atoms with E-state index in [2.05, 4.69) is 20.1 Å². The predicted octanol–water partition coefficient (Wildman–Crippen LogP) is 1.45. The van der Waals surface area contributed by atoms with Gasteiger partial charge in [-0.15, -0.1) is 0 Å². The number of aromatic nitrogens is 2. The van der Waals surface area contributed by atoms with E-state index >= 15 is 0 Å². The number of H-pyrrole nitrogens is 1. The molecule has 0 bridgehead atoms. The molecule has 1 saturated heterocycles. The number of aryl methyl sites for hydroxylation is 2. The van der Waals surface area contributed by atoms with Crippen molar-refractivity contribution in [2.24, 2.45) is 10.7 Å². The molecule has 1 aromatic rings. The summed E-state index contributed by atoms with van der Waals surface area (Å²) < 4.78 is 0. The van der Waals surface area contributed by atoms with Crippen LogP contribution in [0.15, 0.2) is 11.2 Å². The van der Waals surface area contributed by atoms with Gasteiger partial charge in [0, 0.05) is 25.3 Å². The molecule has 0 amide bonds. The van der Waals surface area contributed by atoms with Gasteiger partial charge in [0.25, 0.3) is 0 Å². The first-order valence-corrected chi connectivity index (χ1v) is 6.81. The van der Waals surface area contributed by atoms with E-state index in [0.717, 1.165) is 44.1 Å². The van der Waals surface area contributed by atoms with Crippen molar-refractivity contribution in [2.75, 3.05) is 19.6 Å². The van der Waals surface area contributed by atoms with Crippen LogP contribution in [0.25, 0.3) is 0 Å². The lowest BCUT2D eigenvalue weighted by Gasteiger charge is -2.27. The van der Waals surface area contributed by atoms with E-state index in [1.54, 1.807) is 0 Å². The molecule has 100 valence electrons. The summed E-state index contributed by atoms with van der Waals surface area (Å²) in [4.78, 5) is 6.67. The fourth-order valence-corrected chi connectivity index (χ4v) is 2.31. The van der Waals surface area contributed by atoms with Crippen LogP contribution in [0.1, 0.15) is 36.9 Å². The minimum absolute atomic E-state index is 0.721. The Bertz CT molecular complexity index is 390. The third-order valence-corrected chi connectivity index (χ3v) is 3.49. The number of aromatic amines is 1. The summed E-state index contributed by atoms with van der Waals surface area (Å²) in [7, 11) is 0. The average Bonchev–Trinajstić information content (AvgIpc) is 2.81. The Labute approximate surface area is 108 Å². The van der Waals surface area contributed by atoms with E-state index in [4.69, 9.17) is 5.73 Å². The molecule has 2 rings (SSSR count). The fraction of sp³-hybridized carbons (Fsp3) is 0.692. The molecule has 1 aliphatic rings. The molecule has 0 spiro atoms. The summed E-state index contributed by atoms with van der Waals surface area (Å²) in [5, 5.41) is 6.97. The number of nitrogens with one attached hydrogen (secondary N) is 1. The lowest BCUT2D eigenvalue weighted by Crippen LogP contribution is -2.40. The number of guanidine groups is 1. The monoisotopic (exact) mass is 249 g/mol. The maximum atomic E-state index is 6.00. The van der Waals surface area contributed by atoms with Gasteiger partial charge >= 0.3 is 0 Å². The van der Waals surface area contributed by atoms with Crippen LogP contribution in [-0.2, 0) is 6.42 Å². The van der Waals surface area contributed by atoms with E-state index < -0.39 is 0 Å². The molecule has 3 N–H and O–H groups in total. The SMILES string of the molecule is Cc1[nH]ncc1CCCN=C(N)N1CCCCC1. The first-order valence-electron chi connectivity index (χ1n) is 6.81. The molecule has 1 aliphatic heterocycles. The molecule has 2 heterocycles. The normalized spacial score (nSPS) is 17.2. The zero-order valence-corrected chi connectivity index (χ0v) is 11.2. The minimum atomic E-state index is 0.721. The summed E-state index contributed by atoms with van der Waals surface area (Å²) in [5.41, 5.74) is 8.43. The van der Waals surface area contributed by atoms with Crippen molar-refractivity contribution in [3.8, 4) is 0 Å². The maximum absolute atomic E-state index is 6.00. The Hall–Kier alpha value is -1.52. The van der Waals surface area contributed by atoms with Gasteiger partial charge in [-0.2, -0.15) is 5.10 Å². The predicted molar refractivity (Wildman–Crippen MR) is 73.6 cm³/mol. The number of rotatable bonds is 4. The third-order valence-electron chi connectivity index (χ3n) is 3.49. The molecule has 0 unspecified atom stereocenters. The highest BCUT2D eigenvalue weighted by atomic mass is 15.2. The minimum Gasteiger partial charge on any atom is -0.370 e. The van der Waals surface area contributed by atoms with E-state index in [9.17, 15) is 0 Å². The van der Waals surface area contributed by atoms with E-state index in [-0.39, 0.29) is 0 Å². The lowest BCUT2D eigenvalue weighted by molar-refractivity contribution is 0.338. The highest BCUT2D eigenvalue weighted by Crippen LogP contribution is 2.08. The van der Waals surface area contributed by atoms with Gasteiger partial charge in [-0.05, 0) is 44.6 Å². The van der Waals surface area contributed by atoms with E-state index in [1.807, 2.05) is 13.1 Å². The number of likely N-dealkylation sites (tertiary alicyclic amines) is 1. The molecule has 5 nitrogen and oxygen atoms in total. The Morgan fingerprint density at radius 2 is 2.22 bits per heavy atom. The van der Waals surface area contributed by atoms with Crippen LogP contribution in [-0.4, -0.2) is 40.7 Å². The van der Waals surface area contributed by atoms with Crippen molar-refractivity contribution in [1.29, 1.82) is 0 Å². The molecular formula is C13H23N5. The van der Waals surface area contributed by atoms with Crippen molar-refractivity contribution in [3.05, 3.63) is 17.5 Å². The number of nitrogens with two attached hydrogens (primary N) is 1. The van der Waals surface area contributed by atoms with E-state index in [0.29, 0.717) is 0 Å². The number of hydrogen-bond acceptors (Lipinski definition) is 2. The van der Waals surface area contributed by atoms with Gasteiger partial charge < -0.3 is 10.6 Å². The zero-order chi connectivity index (χ0) is 12.8. The molecule has 1 aromatic heterocycles. The number of hydrogen-bond donors (Lipinski definition) is 2. The summed E-state index contributed by atoms with van der Waals surface area (Å²) in [6, 6.07) is 0. The number of piperidine rings is 1. The van der Waals surface area contributed by atoms with Gasteiger partial charge in [0.15, 0.2) is 5.96 Å². The van der Waals surface area contributed by atoms with Crippen molar-refractivity contribution in [2.45, 2.75) is 39.0 Å². The molecule has 1 fully saturated rings. The summed E-state index contributed by atoms with van der Waals surface area (Å²) in [6.07, 6.45) is 7.74. The summed E-state index contributed by atoms with van der Waals surface area (Å²) in [6.45, 7) is 4.98. The van der Waals surface area contributed by atoms with Gasteiger partial charge in [-0.3, -0.25) is 10.1 Å². The molecule has 5 heteroatoms. The van der Waals surface area contributed by atoms with Crippen LogP contribution in [0.4, 0.5) is 0 Å². The molecule has 0 aromatic carbocycles. The Morgan fingerprint density at radius 1 is 1.44 bits per heavy atom. The van der Waals surface area contributed by atoms with Crippen LogP contribution >= 0.6 is 0 Å². The average molecular weight is 249 g/mol. The smallest absolute Gasteiger partial charge is 0.191 e. The number of aliphatic imine (C=N–C) groups is 1. The van der Waals surface area contributed by atoms with Gasteiger partial charge in [0.2, 0.25) is 0 Å². The van der Waals surface area contributed by atoms with Crippen molar-refractivity contribution in [1.82, 2.24) is 15.1 Å². The Kier molecular flexibility index (Phi) is 4.61. The van der Waals surface area contributed by atoms with Crippen molar-refractivity contribution >= 4 is 5.96 Å². The summed E-state index contributed by atoms with van der Waals surface area (Å²) in [5.74, 6) is 0.721. The largest absolute Gasteiger partial charge is 0.370 e. The number of nitrogens with zero attached hydrogens (tertiary/aromatic N) is 3. The highest BCUT2D eigenvalue weighted by molar-refractivity contribution is 5.78. The van der Waals surface area contributed by atoms with Crippen LogP contribution in [0, 0.1) is 6.92 Å². The second kappa shape index (κ2) is 6.42. The maximum Gasteiger partial charge on any atom is 0.191 e. The lowest BCUT2D eigenvalue weighted by atomic mass is 10.1. The molecule has 0 aliphatic carbocycles. The quantitative estimate of drug-likeness (QED) is 0.482. The van der Waals surface area contributed by atoms with Crippen LogP contribution in [0.3, 0.4) is 0 Å². The Morgan fingerprint density at radius 3 is 2.89 bits per heavy atom. The van der Waals surface area contributed by atoms with Gasteiger partial charge in [0.05, 0.1) is 6.20 Å². The van der Waals surface area contributed by atoms with Crippen molar-refractivity contribution in [3.63, 3.8) is 0 Å². The van der Waals surface area contributed by atoms with Crippen LogP contribution in [0.2, 0.25) is 0 Å². The molecule has 18 heavy (non-hydrogen) atoms. The topological polar surface area (TPSA) is 70.3 Å². The Balaban J connectivity index is 1.72. The second-order valence-electron chi connectivity index (χ2n) is 4.91. The molecule has 0 atom stereocenters. The molecule has 0 saturated carbocycles. The first kappa shape index (κ1) is 12.9. The summed E-state index contributed by atoms with van der Waals surface area (Å²) >= 11 is 0. The molecular weight excluding hydrogens is 226 g/mol. The van der Waals surface area contributed by atoms with Crippen LogP contribution < -0.4 is 5.73 Å².